The van der Waals surface area contributed by atoms with Gasteiger partial charge < -0.3 is 10.0 Å². The number of rotatable bonds is 4. The number of carboxylic acid groups (broad SMARTS) is 1. The van der Waals surface area contributed by atoms with Gasteiger partial charge in [0.1, 0.15) is 21.9 Å². The van der Waals surface area contributed by atoms with Crippen molar-refractivity contribution < 1.29 is 9.90 Å². The van der Waals surface area contributed by atoms with Crippen LogP contribution in [-0.4, -0.2) is 52.1 Å². The zero-order valence-corrected chi connectivity index (χ0v) is 16.5. The SMILES string of the molecule is Cc1nc(N2C[C@@H]3CN(Cc4ccccc4)C[C@]3(C(=O)O)C2)c2ccsc2n1. The normalized spacial score (nSPS) is 24.8. The summed E-state index contributed by atoms with van der Waals surface area (Å²) in [4.78, 5) is 27.0. The Morgan fingerprint density at radius 3 is 2.79 bits per heavy atom. The average Bonchev–Trinajstić information content (AvgIpc) is 3.34. The molecule has 2 atom stereocenters. The maximum Gasteiger partial charge on any atom is 0.313 e. The van der Waals surface area contributed by atoms with Gasteiger partial charge in [-0.25, -0.2) is 9.97 Å². The van der Waals surface area contributed by atoms with Crippen LogP contribution in [0.1, 0.15) is 11.4 Å². The molecule has 0 saturated carbocycles. The standard InChI is InChI=1S/C21H22N4O2S/c1-14-22-18(17-7-8-28-19(17)23-14)25-11-16-10-24(9-15-5-3-2-4-6-15)12-21(16,13-25)20(26)27/h2-8,16H,9-13H2,1H3,(H,26,27)/t16-,21-/m0/s1. The minimum absolute atomic E-state index is 0.0951. The van der Waals surface area contributed by atoms with E-state index >= 15 is 0 Å². The van der Waals surface area contributed by atoms with Gasteiger partial charge in [-0.15, -0.1) is 11.3 Å². The van der Waals surface area contributed by atoms with Crippen LogP contribution in [-0.2, 0) is 11.3 Å². The van der Waals surface area contributed by atoms with Crippen molar-refractivity contribution in [2.75, 3.05) is 31.1 Å². The molecule has 1 N–H and O–H groups in total. The van der Waals surface area contributed by atoms with E-state index in [1.807, 2.05) is 36.6 Å². The third-order valence-electron chi connectivity index (χ3n) is 6.07. The van der Waals surface area contributed by atoms with E-state index in [0.29, 0.717) is 13.1 Å². The molecule has 2 aliphatic heterocycles. The van der Waals surface area contributed by atoms with Crippen LogP contribution in [0.15, 0.2) is 41.8 Å². The second-order valence-electron chi connectivity index (χ2n) is 7.93. The molecule has 4 heterocycles. The lowest BCUT2D eigenvalue weighted by Crippen LogP contribution is -2.41. The van der Waals surface area contributed by atoms with Crippen molar-refractivity contribution >= 4 is 33.3 Å². The Hall–Kier alpha value is -2.51. The van der Waals surface area contributed by atoms with Crippen LogP contribution in [0.4, 0.5) is 5.82 Å². The summed E-state index contributed by atoms with van der Waals surface area (Å²) in [5, 5.41) is 13.2. The van der Waals surface area contributed by atoms with Crippen LogP contribution >= 0.6 is 11.3 Å². The van der Waals surface area contributed by atoms with Crippen molar-refractivity contribution in [2.45, 2.75) is 13.5 Å². The smallest absolute Gasteiger partial charge is 0.313 e. The highest BCUT2D eigenvalue weighted by molar-refractivity contribution is 7.16. The van der Waals surface area contributed by atoms with Gasteiger partial charge in [-0.2, -0.15) is 0 Å². The molecule has 144 valence electrons. The highest BCUT2D eigenvalue weighted by Gasteiger charge is 2.57. The Bertz CT molecular complexity index is 1040. The summed E-state index contributed by atoms with van der Waals surface area (Å²) in [5.74, 6) is 1.02. The van der Waals surface area contributed by atoms with Crippen molar-refractivity contribution in [3.63, 3.8) is 0 Å². The average molecular weight is 395 g/mol. The first-order valence-corrected chi connectivity index (χ1v) is 10.4. The number of aromatic nitrogens is 2. The van der Waals surface area contributed by atoms with Crippen molar-refractivity contribution in [2.24, 2.45) is 11.3 Å². The zero-order valence-electron chi connectivity index (χ0n) is 15.7. The summed E-state index contributed by atoms with van der Waals surface area (Å²) in [6.45, 7) is 5.30. The van der Waals surface area contributed by atoms with Gasteiger partial charge in [-0.3, -0.25) is 9.69 Å². The molecule has 7 heteroatoms. The summed E-state index contributed by atoms with van der Waals surface area (Å²) in [6.07, 6.45) is 0. The quantitative estimate of drug-likeness (QED) is 0.734. The van der Waals surface area contributed by atoms with Crippen LogP contribution in [0.5, 0.6) is 0 Å². The minimum atomic E-state index is -0.740. The van der Waals surface area contributed by atoms with E-state index in [1.54, 1.807) is 11.3 Å². The highest BCUT2D eigenvalue weighted by Crippen LogP contribution is 2.45. The van der Waals surface area contributed by atoms with Crippen molar-refractivity contribution in [1.82, 2.24) is 14.9 Å². The maximum absolute atomic E-state index is 12.4. The Morgan fingerprint density at radius 2 is 2.04 bits per heavy atom. The summed E-state index contributed by atoms with van der Waals surface area (Å²) < 4.78 is 0. The Labute approximate surface area is 167 Å². The number of thiophene rings is 1. The second kappa shape index (κ2) is 6.53. The fraction of sp³-hybridized carbons (Fsp3) is 0.381. The van der Waals surface area contributed by atoms with Gasteiger partial charge in [0.05, 0.1) is 5.39 Å². The first-order valence-electron chi connectivity index (χ1n) is 9.52. The number of likely N-dealkylation sites (tertiary alicyclic amines) is 1. The van der Waals surface area contributed by atoms with Gasteiger partial charge in [0.25, 0.3) is 0 Å². The predicted octanol–water partition coefficient (Wildman–Crippen LogP) is 3.02. The number of carbonyl (C=O) groups is 1. The van der Waals surface area contributed by atoms with E-state index in [9.17, 15) is 9.90 Å². The van der Waals surface area contributed by atoms with E-state index in [-0.39, 0.29) is 5.92 Å². The first kappa shape index (κ1) is 17.6. The van der Waals surface area contributed by atoms with Crippen molar-refractivity contribution in [1.29, 1.82) is 0 Å². The number of anilines is 1. The van der Waals surface area contributed by atoms with Gasteiger partial charge in [0.15, 0.2) is 0 Å². The molecule has 0 spiro atoms. The Morgan fingerprint density at radius 1 is 1.21 bits per heavy atom. The number of aliphatic carboxylic acids is 1. The monoisotopic (exact) mass is 394 g/mol. The molecule has 0 unspecified atom stereocenters. The molecule has 2 aliphatic rings. The van der Waals surface area contributed by atoms with Gasteiger partial charge in [-0.05, 0) is 23.9 Å². The summed E-state index contributed by atoms with van der Waals surface area (Å²) >= 11 is 1.60. The molecular formula is C21H22N4O2S. The lowest BCUT2D eigenvalue weighted by molar-refractivity contribution is -0.148. The van der Waals surface area contributed by atoms with Gasteiger partial charge in [0.2, 0.25) is 0 Å². The molecule has 0 bridgehead atoms. The maximum atomic E-state index is 12.4. The molecule has 0 aliphatic carbocycles. The topological polar surface area (TPSA) is 69.6 Å². The molecule has 2 aromatic heterocycles. The molecule has 2 saturated heterocycles. The first-order chi connectivity index (χ1) is 13.5. The Balaban J connectivity index is 1.43. The van der Waals surface area contributed by atoms with Crippen LogP contribution in [0.2, 0.25) is 0 Å². The molecule has 1 aromatic carbocycles. The summed E-state index contributed by atoms with van der Waals surface area (Å²) in [7, 11) is 0. The van der Waals surface area contributed by atoms with E-state index in [2.05, 4.69) is 31.9 Å². The van der Waals surface area contributed by atoms with Crippen LogP contribution in [0.25, 0.3) is 10.2 Å². The molecular weight excluding hydrogens is 372 g/mol. The number of aryl methyl sites for hydroxylation is 1. The molecule has 0 amide bonds. The van der Waals surface area contributed by atoms with E-state index in [0.717, 1.165) is 41.5 Å². The molecule has 6 nitrogen and oxygen atoms in total. The van der Waals surface area contributed by atoms with Crippen molar-refractivity contribution in [3.8, 4) is 0 Å². The number of hydrogen-bond donors (Lipinski definition) is 1. The van der Waals surface area contributed by atoms with E-state index < -0.39 is 11.4 Å². The van der Waals surface area contributed by atoms with Crippen LogP contribution < -0.4 is 4.90 Å². The molecule has 5 rings (SSSR count). The third-order valence-corrected chi connectivity index (χ3v) is 6.88. The lowest BCUT2D eigenvalue weighted by Gasteiger charge is -2.26. The molecule has 28 heavy (non-hydrogen) atoms. The highest BCUT2D eigenvalue weighted by atomic mass is 32.1. The predicted molar refractivity (Wildman–Crippen MR) is 110 cm³/mol. The number of carboxylic acids is 1. The fourth-order valence-corrected chi connectivity index (χ4v) is 5.58. The zero-order chi connectivity index (χ0) is 19.3. The summed E-state index contributed by atoms with van der Waals surface area (Å²) in [6, 6.07) is 12.3. The second-order valence-corrected chi connectivity index (χ2v) is 8.82. The van der Waals surface area contributed by atoms with Gasteiger partial charge in [-0.1, -0.05) is 30.3 Å². The lowest BCUT2D eigenvalue weighted by atomic mass is 9.81. The Kier molecular flexibility index (Phi) is 4.10. The van der Waals surface area contributed by atoms with E-state index in [4.69, 9.17) is 0 Å². The van der Waals surface area contributed by atoms with Crippen molar-refractivity contribution in [3.05, 3.63) is 53.2 Å². The minimum Gasteiger partial charge on any atom is -0.481 e. The van der Waals surface area contributed by atoms with Crippen LogP contribution in [0, 0.1) is 18.3 Å². The largest absolute Gasteiger partial charge is 0.481 e. The molecule has 3 aromatic rings. The molecule has 0 radical (unpaired) electrons. The number of hydrogen-bond acceptors (Lipinski definition) is 6. The number of fused-ring (bicyclic) bond motifs is 2. The number of nitrogens with zero attached hydrogens (tertiary/aromatic N) is 4. The fourth-order valence-electron chi connectivity index (χ4n) is 4.78. The number of benzene rings is 1. The molecule has 2 fully saturated rings. The summed E-state index contributed by atoms with van der Waals surface area (Å²) in [5.41, 5.74) is 0.488. The van der Waals surface area contributed by atoms with Gasteiger partial charge >= 0.3 is 5.97 Å². The van der Waals surface area contributed by atoms with E-state index in [1.165, 1.54) is 5.56 Å². The van der Waals surface area contributed by atoms with Gasteiger partial charge in [0, 0.05) is 38.6 Å². The van der Waals surface area contributed by atoms with Crippen LogP contribution in [0.3, 0.4) is 0 Å². The third kappa shape index (κ3) is 2.77.